The third-order valence-corrected chi connectivity index (χ3v) is 2.84. The van der Waals surface area contributed by atoms with Crippen LogP contribution in [0.2, 0.25) is 0 Å². The van der Waals surface area contributed by atoms with Gasteiger partial charge < -0.3 is 38.0 Å². The Bertz CT molecular complexity index is 522. The number of hydrogen-bond acceptors (Lipinski definition) is 7. The fraction of sp³-hybridized carbons (Fsp3) is 0.583. The number of rotatable bonds is 10. The molecular formula is C12H21N5O7. The molecule has 136 valence electrons. The maximum absolute atomic E-state index is 12.0. The minimum absolute atomic E-state index is 0.487. The minimum atomic E-state index is -1.63. The van der Waals surface area contributed by atoms with E-state index in [-0.39, 0.29) is 0 Å². The van der Waals surface area contributed by atoms with Crippen LogP contribution in [0.1, 0.15) is 19.8 Å². The Balaban J connectivity index is 5.00. The topological polar surface area (TPSA) is 228 Å². The van der Waals surface area contributed by atoms with Crippen LogP contribution in [-0.2, 0) is 24.0 Å². The van der Waals surface area contributed by atoms with Crippen LogP contribution in [0.5, 0.6) is 0 Å². The number of carbonyl (C=O) groups excluding carboxylic acids is 4. The van der Waals surface area contributed by atoms with Crippen LogP contribution in [0.15, 0.2) is 0 Å². The second-order valence-electron chi connectivity index (χ2n) is 5.07. The predicted molar refractivity (Wildman–Crippen MR) is 78.8 cm³/mol. The van der Waals surface area contributed by atoms with E-state index in [1.54, 1.807) is 0 Å². The third-order valence-electron chi connectivity index (χ3n) is 2.84. The molecule has 24 heavy (non-hydrogen) atoms. The van der Waals surface area contributed by atoms with E-state index in [2.05, 4.69) is 5.32 Å². The van der Waals surface area contributed by atoms with Gasteiger partial charge in [0.25, 0.3) is 0 Å². The maximum Gasteiger partial charge on any atom is 0.326 e. The molecule has 10 N–H and O–H groups in total. The first kappa shape index (κ1) is 21.3. The zero-order valence-corrected chi connectivity index (χ0v) is 12.9. The normalized spacial score (nSPS) is 15.5. The lowest BCUT2D eigenvalue weighted by molar-refractivity contribution is -0.144. The summed E-state index contributed by atoms with van der Waals surface area (Å²) in [6, 6.07) is -4.55. The van der Waals surface area contributed by atoms with Gasteiger partial charge in [0, 0.05) is 0 Å². The third kappa shape index (κ3) is 7.51. The highest BCUT2D eigenvalue weighted by Gasteiger charge is 2.31. The first-order chi connectivity index (χ1) is 11.0. The highest BCUT2D eigenvalue weighted by Crippen LogP contribution is 1.99. The molecule has 0 saturated heterocycles. The van der Waals surface area contributed by atoms with Crippen molar-refractivity contribution in [1.82, 2.24) is 10.6 Å². The quantitative estimate of drug-likeness (QED) is 0.203. The summed E-state index contributed by atoms with van der Waals surface area (Å²) in [5, 5.41) is 22.5. The smallest absolute Gasteiger partial charge is 0.326 e. The molecule has 0 rings (SSSR count). The summed E-state index contributed by atoms with van der Waals surface area (Å²) in [5.74, 6) is -5.36. The molecule has 0 spiro atoms. The van der Waals surface area contributed by atoms with E-state index in [1.807, 2.05) is 5.32 Å². The highest BCUT2D eigenvalue weighted by atomic mass is 16.4. The number of primary amides is 2. The molecule has 12 heteroatoms. The summed E-state index contributed by atoms with van der Waals surface area (Å²) in [5.41, 5.74) is 15.2. The Labute approximate surface area is 136 Å². The number of hydrogen-bond donors (Lipinski definition) is 7. The molecular weight excluding hydrogens is 326 g/mol. The van der Waals surface area contributed by atoms with Crippen LogP contribution in [0.3, 0.4) is 0 Å². The van der Waals surface area contributed by atoms with Gasteiger partial charge in [-0.1, -0.05) is 0 Å². The highest BCUT2D eigenvalue weighted by molar-refractivity contribution is 5.94. The Morgan fingerprint density at radius 3 is 1.83 bits per heavy atom. The van der Waals surface area contributed by atoms with Gasteiger partial charge in [-0.05, 0) is 6.92 Å². The zero-order chi connectivity index (χ0) is 19.0. The van der Waals surface area contributed by atoms with Gasteiger partial charge in [0.15, 0.2) is 0 Å². The summed E-state index contributed by atoms with van der Waals surface area (Å²) >= 11 is 0. The second kappa shape index (κ2) is 9.42. The maximum atomic E-state index is 12.0. The van der Waals surface area contributed by atoms with Gasteiger partial charge in [-0.25, -0.2) is 4.79 Å². The van der Waals surface area contributed by atoms with Crippen molar-refractivity contribution in [2.45, 2.75) is 44.0 Å². The number of carbonyl (C=O) groups is 5. The van der Waals surface area contributed by atoms with E-state index in [9.17, 15) is 29.1 Å². The Hall–Kier alpha value is -2.73. The van der Waals surface area contributed by atoms with Crippen LogP contribution < -0.4 is 27.8 Å². The first-order valence-corrected chi connectivity index (χ1v) is 6.79. The molecule has 4 unspecified atom stereocenters. The van der Waals surface area contributed by atoms with Crippen LogP contribution in [0.25, 0.3) is 0 Å². The zero-order valence-electron chi connectivity index (χ0n) is 12.9. The van der Waals surface area contributed by atoms with Crippen LogP contribution >= 0.6 is 0 Å². The lowest BCUT2D eigenvalue weighted by Crippen LogP contribution is -2.58. The van der Waals surface area contributed by atoms with Crippen molar-refractivity contribution >= 4 is 29.6 Å². The van der Waals surface area contributed by atoms with Crippen molar-refractivity contribution < 1.29 is 34.2 Å². The molecule has 0 bridgehead atoms. The molecule has 0 aliphatic carbocycles. The number of aliphatic carboxylic acids is 1. The summed E-state index contributed by atoms with van der Waals surface area (Å²) < 4.78 is 0. The van der Waals surface area contributed by atoms with Crippen molar-refractivity contribution in [2.24, 2.45) is 17.2 Å². The van der Waals surface area contributed by atoms with E-state index in [0.717, 1.165) is 6.92 Å². The number of carboxylic acid groups (broad SMARTS) is 1. The Kier molecular flexibility index (Phi) is 8.35. The van der Waals surface area contributed by atoms with E-state index >= 15 is 0 Å². The predicted octanol–water partition coefficient (Wildman–Crippen LogP) is -4.50. The molecule has 0 aromatic rings. The minimum Gasteiger partial charge on any atom is -0.480 e. The van der Waals surface area contributed by atoms with Gasteiger partial charge in [-0.2, -0.15) is 0 Å². The molecule has 0 aromatic heterocycles. The first-order valence-electron chi connectivity index (χ1n) is 6.79. The van der Waals surface area contributed by atoms with Gasteiger partial charge in [-0.3, -0.25) is 19.2 Å². The number of nitrogens with two attached hydrogens (primary N) is 3. The number of nitrogens with one attached hydrogen (secondary N) is 2. The summed E-state index contributed by atoms with van der Waals surface area (Å²) in [6.45, 7) is 1.16. The largest absolute Gasteiger partial charge is 0.480 e. The van der Waals surface area contributed by atoms with Crippen LogP contribution in [0, 0.1) is 0 Å². The molecule has 0 saturated carbocycles. The lowest BCUT2D eigenvalue weighted by Gasteiger charge is -2.24. The van der Waals surface area contributed by atoms with Gasteiger partial charge in [0.05, 0.1) is 25.0 Å². The molecule has 4 amide bonds. The van der Waals surface area contributed by atoms with Gasteiger partial charge in [0.2, 0.25) is 23.6 Å². The SMILES string of the molecule is CC(O)C(NC(=O)C(N)CC(N)=O)C(=O)NC(CC(N)=O)C(=O)O. The molecule has 0 radical (unpaired) electrons. The average Bonchev–Trinajstić information content (AvgIpc) is 2.41. The summed E-state index contributed by atoms with van der Waals surface area (Å²) in [6.07, 6.45) is -2.58. The van der Waals surface area contributed by atoms with Gasteiger partial charge in [0.1, 0.15) is 12.1 Å². The van der Waals surface area contributed by atoms with Crippen molar-refractivity contribution in [1.29, 1.82) is 0 Å². The van der Waals surface area contributed by atoms with Crippen molar-refractivity contribution in [3.63, 3.8) is 0 Å². The standard InChI is InChI=1S/C12H21N5O7/c1-4(18)9(17-10(21)5(13)2-7(14)19)11(22)16-6(12(23)24)3-8(15)20/h4-6,9,18H,2-3,13H2,1H3,(H2,14,19)(H2,15,20)(H,16,22)(H,17,21)(H,23,24). The summed E-state index contributed by atoms with van der Waals surface area (Å²) in [7, 11) is 0. The number of carboxylic acids is 1. The fourth-order valence-electron chi connectivity index (χ4n) is 1.64. The second-order valence-corrected chi connectivity index (χ2v) is 5.07. The molecule has 12 nitrogen and oxygen atoms in total. The molecule has 4 atom stereocenters. The average molecular weight is 347 g/mol. The number of amides is 4. The Morgan fingerprint density at radius 1 is 0.958 bits per heavy atom. The monoisotopic (exact) mass is 347 g/mol. The van der Waals surface area contributed by atoms with Crippen molar-refractivity contribution in [3.05, 3.63) is 0 Å². The van der Waals surface area contributed by atoms with Gasteiger partial charge in [-0.15, -0.1) is 0 Å². The fourth-order valence-corrected chi connectivity index (χ4v) is 1.64. The van der Waals surface area contributed by atoms with Crippen molar-refractivity contribution in [3.8, 4) is 0 Å². The molecule has 0 fully saturated rings. The molecule has 0 aliphatic rings. The Morgan fingerprint density at radius 2 is 1.46 bits per heavy atom. The molecule has 0 aromatic carbocycles. The van der Waals surface area contributed by atoms with Gasteiger partial charge >= 0.3 is 5.97 Å². The van der Waals surface area contributed by atoms with E-state index < -0.39 is 66.7 Å². The van der Waals surface area contributed by atoms with E-state index in [4.69, 9.17) is 22.3 Å². The lowest BCUT2D eigenvalue weighted by atomic mass is 10.1. The van der Waals surface area contributed by atoms with Crippen LogP contribution in [0.4, 0.5) is 0 Å². The van der Waals surface area contributed by atoms with Crippen LogP contribution in [-0.4, -0.2) is 64.0 Å². The van der Waals surface area contributed by atoms with E-state index in [1.165, 1.54) is 0 Å². The summed E-state index contributed by atoms with van der Waals surface area (Å²) in [4.78, 5) is 56.3. The number of aliphatic hydroxyl groups is 1. The number of aliphatic hydroxyl groups excluding tert-OH is 1. The van der Waals surface area contributed by atoms with E-state index in [0.29, 0.717) is 0 Å². The molecule has 0 aliphatic heterocycles. The molecule has 0 heterocycles. The van der Waals surface area contributed by atoms with Crippen molar-refractivity contribution in [2.75, 3.05) is 0 Å².